The van der Waals surface area contributed by atoms with E-state index >= 15 is 0 Å². The molecule has 1 atom stereocenters. The van der Waals surface area contributed by atoms with Crippen LogP contribution in [0.2, 0.25) is 0 Å². The number of carbonyl (C=O) groups is 1. The molecule has 24 heavy (non-hydrogen) atoms. The molecule has 2 aromatic rings. The number of amides is 1. The molecular weight excluding hydrogens is 302 g/mol. The molecule has 0 aromatic heterocycles. The van der Waals surface area contributed by atoms with Crippen molar-refractivity contribution in [2.45, 2.75) is 50.7 Å². The van der Waals surface area contributed by atoms with Gasteiger partial charge in [-0.3, -0.25) is 4.79 Å². The Hall–Kier alpha value is -2.07. The van der Waals surface area contributed by atoms with E-state index in [1.165, 1.54) is 0 Å². The second-order valence-corrected chi connectivity index (χ2v) is 6.71. The van der Waals surface area contributed by atoms with E-state index in [4.69, 9.17) is 4.74 Å². The Morgan fingerprint density at radius 2 is 1.79 bits per heavy atom. The average molecular weight is 327 g/mol. The average Bonchev–Trinajstić information content (AvgIpc) is 2.62. The minimum atomic E-state index is -0.201. The maximum Gasteiger partial charge on any atom is 0.227 e. The quantitative estimate of drug-likeness (QED) is 0.905. The third-order valence-electron chi connectivity index (χ3n) is 5.01. The number of rotatable bonds is 4. The van der Waals surface area contributed by atoms with Gasteiger partial charge in [0.05, 0.1) is 19.1 Å². The fraction of sp³-hybridized carbons (Fsp3) is 0.450. The van der Waals surface area contributed by atoms with Crippen LogP contribution in [0.3, 0.4) is 0 Å². The monoisotopic (exact) mass is 327 g/mol. The zero-order valence-corrected chi connectivity index (χ0v) is 14.3. The number of hydrogen-bond donors (Lipinski definition) is 2. The topological polar surface area (TPSA) is 58.6 Å². The Kier molecular flexibility index (Phi) is 5.05. The first-order chi connectivity index (χ1) is 11.6. The van der Waals surface area contributed by atoms with Gasteiger partial charge < -0.3 is 15.2 Å². The van der Waals surface area contributed by atoms with Crippen molar-refractivity contribution in [3.05, 3.63) is 42.0 Å². The maximum atomic E-state index is 12.5. The molecule has 2 aromatic carbocycles. The van der Waals surface area contributed by atoms with Gasteiger partial charge in [0.1, 0.15) is 5.75 Å². The van der Waals surface area contributed by atoms with Crippen LogP contribution in [0, 0.1) is 0 Å². The molecule has 0 spiro atoms. The molecule has 4 heteroatoms. The lowest BCUT2D eigenvalue weighted by atomic mass is 9.91. The number of fused-ring (bicyclic) bond motifs is 1. The maximum absolute atomic E-state index is 12.5. The highest BCUT2D eigenvalue weighted by Gasteiger charge is 2.23. The van der Waals surface area contributed by atoms with Gasteiger partial charge in [-0.1, -0.05) is 24.3 Å². The van der Waals surface area contributed by atoms with Gasteiger partial charge in [-0.25, -0.2) is 0 Å². The summed E-state index contributed by atoms with van der Waals surface area (Å²) in [6, 6.07) is 12.3. The third kappa shape index (κ3) is 3.70. The lowest BCUT2D eigenvalue weighted by molar-refractivity contribution is -0.123. The summed E-state index contributed by atoms with van der Waals surface area (Å²) < 4.78 is 5.25. The Morgan fingerprint density at radius 3 is 2.50 bits per heavy atom. The van der Waals surface area contributed by atoms with Crippen LogP contribution >= 0.6 is 0 Å². The van der Waals surface area contributed by atoms with Crippen molar-refractivity contribution in [2.24, 2.45) is 0 Å². The second-order valence-electron chi connectivity index (χ2n) is 6.71. The largest absolute Gasteiger partial charge is 0.497 e. The number of aliphatic hydroxyl groups is 1. The fourth-order valence-electron chi connectivity index (χ4n) is 3.34. The van der Waals surface area contributed by atoms with E-state index in [9.17, 15) is 9.90 Å². The molecule has 0 saturated heterocycles. The van der Waals surface area contributed by atoms with E-state index in [1.807, 2.05) is 37.3 Å². The molecule has 0 unspecified atom stereocenters. The normalized spacial score (nSPS) is 22.1. The molecule has 0 aliphatic heterocycles. The summed E-state index contributed by atoms with van der Waals surface area (Å²) in [5, 5.41) is 14.9. The number of benzene rings is 2. The number of nitrogens with one attached hydrogen (secondary N) is 1. The van der Waals surface area contributed by atoms with Crippen LogP contribution in [0.25, 0.3) is 10.8 Å². The van der Waals surface area contributed by atoms with Crippen molar-refractivity contribution in [2.75, 3.05) is 7.11 Å². The summed E-state index contributed by atoms with van der Waals surface area (Å²) >= 11 is 0. The first-order valence-corrected chi connectivity index (χ1v) is 8.63. The summed E-state index contributed by atoms with van der Waals surface area (Å²) in [6.45, 7) is 1.94. The van der Waals surface area contributed by atoms with Crippen LogP contribution in [0.1, 0.15) is 44.1 Å². The Labute approximate surface area is 142 Å². The van der Waals surface area contributed by atoms with Crippen LogP contribution in [0.15, 0.2) is 36.4 Å². The number of hydrogen-bond acceptors (Lipinski definition) is 3. The third-order valence-corrected chi connectivity index (χ3v) is 5.01. The van der Waals surface area contributed by atoms with Crippen molar-refractivity contribution in [3.63, 3.8) is 0 Å². The fourth-order valence-corrected chi connectivity index (χ4v) is 3.34. The minimum absolute atomic E-state index is 0.0595. The first kappa shape index (κ1) is 16.8. The highest BCUT2D eigenvalue weighted by molar-refractivity contribution is 5.88. The second kappa shape index (κ2) is 7.22. The van der Waals surface area contributed by atoms with E-state index < -0.39 is 0 Å². The molecule has 1 saturated carbocycles. The first-order valence-electron chi connectivity index (χ1n) is 8.63. The van der Waals surface area contributed by atoms with Gasteiger partial charge in [0.15, 0.2) is 0 Å². The highest BCUT2D eigenvalue weighted by atomic mass is 16.5. The van der Waals surface area contributed by atoms with Crippen molar-refractivity contribution < 1.29 is 14.6 Å². The summed E-state index contributed by atoms with van der Waals surface area (Å²) in [4.78, 5) is 12.5. The lowest BCUT2D eigenvalue weighted by Gasteiger charge is -2.27. The molecule has 1 amide bonds. The number of methoxy groups -OCH3 is 1. The molecule has 1 aliphatic rings. The van der Waals surface area contributed by atoms with Crippen molar-refractivity contribution in [1.82, 2.24) is 5.32 Å². The zero-order chi connectivity index (χ0) is 17.1. The van der Waals surface area contributed by atoms with Gasteiger partial charge in [-0.15, -0.1) is 0 Å². The number of ether oxygens (including phenoxy) is 1. The van der Waals surface area contributed by atoms with Crippen molar-refractivity contribution in [1.29, 1.82) is 0 Å². The van der Waals surface area contributed by atoms with Gasteiger partial charge in [-0.05, 0) is 61.1 Å². The standard InChI is InChI=1S/C20H25NO3/c1-13(20(23)21-17-6-8-18(22)9-7-17)14-3-4-16-12-19(24-2)10-5-15(16)11-14/h3-5,10-13,17-18,22H,6-9H2,1-2H3,(H,21,23)/t13-,17?,18?/m1/s1. The molecule has 128 valence electrons. The Bertz CT molecular complexity index is 720. The van der Waals surface area contributed by atoms with Crippen LogP contribution in [0.5, 0.6) is 5.75 Å². The molecule has 0 bridgehead atoms. The molecule has 4 nitrogen and oxygen atoms in total. The molecule has 3 rings (SSSR count). The van der Waals surface area contributed by atoms with E-state index in [0.29, 0.717) is 0 Å². The summed E-state index contributed by atoms with van der Waals surface area (Å²) in [5.41, 5.74) is 1.01. The smallest absolute Gasteiger partial charge is 0.227 e. The molecule has 0 heterocycles. The molecular formula is C20H25NO3. The van der Waals surface area contributed by atoms with E-state index in [0.717, 1.165) is 47.8 Å². The van der Waals surface area contributed by atoms with Crippen molar-refractivity contribution in [3.8, 4) is 5.75 Å². The van der Waals surface area contributed by atoms with E-state index in [2.05, 4.69) is 11.4 Å². The number of aliphatic hydroxyl groups excluding tert-OH is 1. The van der Waals surface area contributed by atoms with Gasteiger partial charge in [0, 0.05) is 6.04 Å². The highest BCUT2D eigenvalue weighted by Crippen LogP contribution is 2.26. The van der Waals surface area contributed by atoms with Gasteiger partial charge in [-0.2, -0.15) is 0 Å². The van der Waals surface area contributed by atoms with Gasteiger partial charge in [0.2, 0.25) is 5.91 Å². The molecule has 0 radical (unpaired) electrons. The molecule has 1 aliphatic carbocycles. The number of carbonyl (C=O) groups excluding carboxylic acids is 1. The van der Waals surface area contributed by atoms with Crippen LogP contribution < -0.4 is 10.1 Å². The van der Waals surface area contributed by atoms with Crippen LogP contribution in [-0.2, 0) is 4.79 Å². The van der Waals surface area contributed by atoms with Crippen LogP contribution in [0.4, 0.5) is 0 Å². The van der Waals surface area contributed by atoms with Gasteiger partial charge in [0.25, 0.3) is 0 Å². The molecule has 2 N–H and O–H groups in total. The summed E-state index contributed by atoms with van der Waals surface area (Å²) in [5.74, 6) is 0.702. The Balaban J connectivity index is 1.70. The zero-order valence-electron chi connectivity index (χ0n) is 14.3. The lowest BCUT2D eigenvalue weighted by Crippen LogP contribution is -2.40. The Morgan fingerprint density at radius 1 is 1.12 bits per heavy atom. The summed E-state index contributed by atoms with van der Waals surface area (Å²) in [7, 11) is 1.66. The predicted octanol–water partition coefficient (Wildman–Crippen LogP) is 3.37. The van der Waals surface area contributed by atoms with Gasteiger partial charge >= 0.3 is 0 Å². The predicted molar refractivity (Wildman–Crippen MR) is 95.3 cm³/mol. The van der Waals surface area contributed by atoms with Crippen LogP contribution in [-0.4, -0.2) is 30.3 Å². The summed E-state index contributed by atoms with van der Waals surface area (Å²) in [6.07, 6.45) is 3.07. The SMILES string of the molecule is COc1ccc2cc([C@@H](C)C(=O)NC3CCC(O)CC3)ccc2c1. The molecule has 1 fully saturated rings. The minimum Gasteiger partial charge on any atom is -0.497 e. The van der Waals surface area contributed by atoms with E-state index in [-0.39, 0.29) is 24.0 Å². The van der Waals surface area contributed by atoms with Crippen molar-refractivity contribution >= 4 is 16.7 Å². The van der Waals surface area contributed by atoms with E-state index in [1.54, 1.807) is 7.11 Å².